The highest BCUT2D eigenvalue weighted by molar-refractivity contribution is 7.99. The molecule has 10 heteroatoms. The zero-order valence-electron chi connectivity index (χ0n) is 21.1. The van der Waals surface area contributed by atoms with Crippen LogP contribution >= 0.6 is 11.8 Å². The molecule has 37 heavy (non-hydrogen) atoms. The highest BCUT2D eigenvalue weighted by atomic mass is 32.2. The van der Waals surface area contributed by atoms with Crippen molar-refractivity contribution in [3.05, 3.63) is 41.3 Å². The second-order valence-electron chi connectivity index (χ2n) is 11.2. The Morgan fingerprint density at radius 3 is 2.95 bits per heavy atom. The number of nitrogens with two attached hydrogens (primary N) is 1. The standard InChI is InChI=1S/C27H35FN6O2S/c1-34-7-2-3-14(6-8-34)17-5-4-16-11-18(17)21(35)13-37-22-10-15-9-19(22)24(23(15)25(29)36)32-26-20(28)12-30-27(31-16)33-26/h4-5,11-12,14-15,19,21-24,35H,2-3,6-10,13H2,1H3,(H2,29,36)(H2,30,31,32,33)/t14?,15-,19+,21-,22+,23-,24+/m0/s1. The number of rotatable bonds is 2. The van der Waals surface area contributed by atoms with E-state index in [1.165, 1.54) is 5.56 Å². The van der Waals surface area contributed by atoms with Gasteiger partial charge in [0.2, 0.25) is 11.9 Å². The molecule has 3 heterocycles. The lowest BCUT2D eigenvalue weighted by atomic mass is 9.83. The molecule has 3 fully saturated rings. The first-order valence-electron chi connectivity index (χ1n) is 13.3. The molecule has 2 aliphatic carbocycles. The summed E-state index contributed by atoms with van der Waals surface area (Å²) in [5.41, 5.74) is 8.71. The van der Waals surface area contributed by atoms with Crippen LogP contribution in [0, 0.1) is 23.6 Å². The number of primary amides is 1. The summed E-state index contributed by atoms with van der Waals surface area (Å²) in [6, 6.07) is 5.84. The van der Waals surface area contributed by atoms with Crippen molar-refractivity contribution in [1.29, 1.82) is 0 Å². The van der Waals surface area contributed by atoms with E-state index >= 15 is 0 Å². The number of likely N-dealkylation sites (tertiary alicyclic amines) is 1. The SMILES string of the molecule is CN1CCCC(c2ccc3cc2[C@@H](O)CS[C@@H]2C[C@@H]4C[C@H]2[C@@H](Nc2nc(ncc2F)N3)[C@H]4C(N)=O)CC1. The van der Waals surface area contributed by atoms with Crippen LogP contribution in [0.1, 0.15) is 55.3 Å². The second-order valence-corrected chi connectivity index (χ2v) is 12.4. The summed E-state index contributed by atoms with van der Waals surface area (Å²) in [4.78, 5) is 23.3. The third-order valence-corrected chi connectivity index (χ3v) is 10.4. The molecular weight excluding hydrogens is 491 g/mol. The van der Waals surface area contributed by atoms with Crippen LogP contribution in [0.25, 0.3) is 0 Å². The number of nitrogens with zero attached hydrogens (tertiary/aromatic N) is 3. The van der Waals surface area contributed by atoms with Crippen LogP contribution in [-0.4, -0.2) is 63.1 Å². The highest BCUT2D eigenvalue weighted by Gasteiger charge is 2.55. The van der Waals surface area contributed by atoms with E-state index < -0.39 is 11.9 Å². The number of hydrogen-bond acceptors (Lipinski definition) is 8. The Morgan fingerprint density at radius 2 is 2.11 bits per heavy atom. The number of fused-ring (bicyclic) bond motifs is 5. The molecular formula is C27H35FN6O2S. The lowest BCUT2D eigenvalue weighted by molar-refractivity contribution is -0.123. The maximum absolute atomic E-state index is 14.8. The molecule has 6 bridgehead atoms. The van der Waals surface area contributed by atoms with E-state index in [0.717, 1.165) is 62.6 Å². The Labute approximate surface area is 221 Å². The minimum absolute atomic E-state index is 0.0848. The van der Waals surface area contributed by atoms with Gasteiger partial charge in [0.05, 0.1) is 18.2 Å². The van der Waals surface area contributed by atoms with Gasteiger partial charge >= 0.3 is 0 Å². The van der Waals surface area contributed by atoms with Crippen LogP contribution in [0.5, 0.6) is 0 Å². The van der Waals surface area contributed by atoms with E-state index in [9.17, 15) is 14.3 Å². The maximum atomic E-state index is 14.8. The number of nitrogens with one attached hydrogen (secondary N) is 2. The first-order valence-corrected chi connectivity index (χ1v) is 14.4. The number of amides is 1. The van der Waals surface area contributed by atoms with Crippen LogP contribution < -0.4 is 16.4 Å². The molecule has 6 rings (SSSR count). The molecule has 2 saturated carbocycles. The number of aromatic nitrogens is 2. The Morgan fingerprint density at radius 1 is 1.24 bits per heavy atom. The van der Waals surface area contributed by atoms with Gasteiger partial charge in [-0.3, -0.25) is 4.79 Å². The summed E-state index contributed by atoms with van der Waals surface area (Å²) in [7, 11) is 2.17. The molecule has 198 valence electrons. The van der Waals surface area contributed by atoms with Gasteiger partial charge in [0.25, 0.3) is 0 Å². The quantitative estimate of drug-likeness (QED) is 0.469. The predicted molar refractivity (Wildman–Crippen MR) is 143 cm³/mol. The summed E-state index contributed by atoms with van der Waals surface area (Å²) in [5.74, 6) is 0.349. The van der Waals surface area contributed by atoms with Crippen molar-refractivity contribution < 1.29 is 14.3 Å². The number of hydrogen-bond donors (Lipinski definition) is 4. The van der Waals surface area contributed by atoms with E-state index in [1.807, 2.05) is 12.1 Å². The van der Waals surface area contributed by atoms with Gasteiger partial charge in [0.1, 0.15) is 0 Å². The van der Waals surface area contributed by atoms with Crippen molar-refractivity contribution in [2.75, 3.05) is 36.5 Å². The monoisotopic (exact) mass is 526 g/mol. The van der Waals surface area contributed by atoms with Crippen molar-refractivity contribution >= 4 is 35.1 Å². The van der Waals surface area contributed by atoms with Crippen LogP contribution in [0.15, 0.2) is 24.4 Å². The normalized spacial score (nSPS) is 33.6. The fourth-order valence-corrected chi connectivity index (χ4v) is 8.60. The van der Waals surface area contributed by atoms with E-state index in [1.54, 1.807) is 11.8 Å². The maximum Gasteiger partial charge on any atom is 0.229 e. The second kappa shape index (κ2) is 10.0. The number of anilines is 3. The first kappa shape index (κ1) is 24.9. The van der Waals surface area contributed by atoms with Gasteiger partial charge in [0, 0.05) is 22.7 Å². The van der Waals surface area contributed by atoms with Crippen LogP contribution in [0.3, 0.4) is 0 Å². The molecule has 1 saturated heterocycles. The number of halogens is 1. The van der Waals surface area contributed by atoms with Crippen LogP contribution in [0.2, 0.25) is 0 Å². The highest BCUT2D eigenvalue weighted by Crippen LogP contribution is 2.54. The van der Waals surface area contributed by atoms with E-state index in [-0.39, 0.29) is 46.7 Å². The molecule has 1 amide bonds. The predicted octanol–water partition coefficient (Wildman–Crippen LogP) is 3.63. The van der Waals surface area contributed by atoms with Gasteiger partial charge in [-0.1, -0.05) is 6.07 Å². The molecule has 1 aromatic carbocycles. The molecule has 2 aliphatic heterocycles. The summed E-state index contributed by atoms with van der Waals surface area (Å²) in [6.45, 7) is 2.14. The van der Waals surface area contributed by atoms with Gasteiger partial charge in [0.15, 0.2) is 11.6 Å². The lowest BCUT2D eigenvalue weighted by Crippen LogP contribution is -2.46. The molecule has 0 radical (unpaired) electrons. The first-order chi connectivity index (χ1) is 17.9. The molecule has 1 aromatic heterocycles. The third kappa shape index (κ3) is 4.79. The summed E-state index contributed by atoms with van der Waals surface area (Å²) in [6.07, 6.45) is 5.58. The van der Waals surface area contributed by atoms with Gasteiger partial charge in [-0.2, -0.15) is 16.7 Å². The van der Waals surface area contributed by atoms with Crippen LogP contribution in [0.4, 0.5) is 21.8 Å². The van der Waals surface area contributed by atoms with Crippen molar-refractivity contribution in [3.63, 3.8) is 0 Å². The number of carbonyl (C=O) groups excluding carboxylic acids is 1. The number of aliphatic hydroxyl groups is 1. The zero-order valence-corrected chi connectivity index (χ0v) is 21.9. The molecule has 0 spiro atoms. The molecule has 8 nitrogen and oxygen atoms in total. The Hall–Kier alpha value is -2.43. The fraction of sp³-hybridized carbons (Fsp3) is 0.593. The third-order valence-electron chi connectivity index (χ3n) is 8.88. The molecule has 4 aliphatic rings. The van der Waals surface area contributed by atoms with Gasteiger partial charge in [-0.15, -0.1) is 0 Å². The Balaban J connectivity index is 1.37. The van der Waals surface area contributed by atoms with Gasteiger partial charge < -0.3 is 26.4 Å². The Bertz CT molecular complexity index is 1180. The number of thioether (sulfide) groups is 1. The van der Waals surface area contributed by atoms with Gasteiger partial charge in [-0.25, -0.2) is 9.37 Å². The average Bonchev–Trinajstić information content (AvgIpc) is 3.36. The Kier molecular flexibility index (Phi) is 6.75. The minimum atomic E-state index is -0.618. The summed E-state index contributed by atoms with van der Waals surface area (Å²) >= 11 is 1.77. The summed E-state index contributed by atoms with van der Waals surface area (Å²) < 4.78 is 14.8. The lowest BCUT2D eigenvalue weighted by Gasteiger charge is -2.35. The van der Waals surface area contributed by atoms with Crippen molar-refractivity contribution in [1.82, 2.24) is 14.9 Å². The van der Waals surface area contributed by atoms with Crippen molar-refractivity contribution in [2.24, 2.45) is 23.5 Å². The number of benzene rings is 1. The van der Waals surface area contributed by atoms with Crippen LogP contribution in [-0.2, 0) is 4.79 Å². The van der Waals surface area contributed by atoms with E-state index in [0.29, 0.717) is 11.7 Å². The largest absolute Gasteiger partial charge is 0.388 e. The average molecular weight is 527 g/mol. The van der Waals surface area contributed by atoms with Gasteiger partial charge in [-0.05, 0) is 93.3 Å². The molecule has 1 unspecified atom stereocenters. The van der Waals surface area contributed by atoms with E-state index in [2.05, 4.69) is 38.6 Å². The van der Waals surface area contributed by atoms with E-state index in [4.69, 9.17) is 5.73 Å². The number of aliphatic hydroxyl groups excluding tert-OH is 1. The minimum Gasteiger partial charge on any atom is -0.388 e. The molecule has 7 atom stereocenters. The smallest absolute Gasteiger partial charge is 0.229 e. The van der Waals surface area contributed by atoms with Crippen molar-refractivity contribution in [3.8, 4) is 0 Å². The molecule has 5 N–H and O–H groups in total. The zero-order chi connectivity index (χ0) is 25.7. The topological polar surface area (TPSA) is 116 Å². The summed E-state index contributed by atoms with van der Waals surface area (Å²) in [5, 5.41) is 18.2. The van der Waals surface area contributed by atoms with Crippen molar-refractivity contribution in [2.45, 2.75) is 55.4 Å². The molecule has 2 aromatic rings. The fourth-order valence-electron chi connectivity index (χ4n) is 7.08. The number of carbonyl (C=O) groups is 1.